The van der Waals surface area contributed by atoms with E-state index in [0.717, 1.165) is 23.7 Å². The van der Waals surface area contributed by atoms with Crippen LogP contribution in [0.25, 0.3) is 12.2 Å². The highest BCUT2D eigenvalue weighted by molar-refractivity contribution is 5.85. The third-order valence-corrected chi connectivity index (χ3v) is 3.52. The number of benzene rings is 2. The molecule has 0 bridgehead atoms. The molecule has 0 aromatic heterocycles. The van der Waals surface area contributed by atoms with Crippen LogP contribution in [0.15, 0.2) is 42.5 Å². The zero-order chi connectivity index (χ0) is 16.2. The van der Waals surface area contributed by atoms with Gasteiger partial charge in [0.15, 0.2) is 0 Å². The second kappa shape index (κ2) is 6.52. The molecule has 0 atom stereocenters. The topological polar surface area (TPSA) is 34.1 Å². The quantitative estimate of drug-likeness (QED) is 0.600. The molecule has 0 aliphatic heterocycles. The van der Waals surface area contributed by atoms with Crippen LogP contribution in [0.4, 0.5) is 0 Å². The van der Waals surface area contributed by atoms with Gasteiger partial charge in [0.2, 0.25) is 0 Å². The van der Waals surface area contributed by atoms with Gasteiger partial charge in [-0.3, -0.25) is 9.59 Å². The van der Waals surface area contributed by atoms with Gasteiger partial charge >= 0.3 is 0 Å². The number of carbonyl (C=O) groups is 2. The lowest BCUT2D eigenvalue weighted by Gasteiger charge is -2.18. The first-order valence-corrected chi connectivity index (χ1v) is 7.26. The molecule has 0 aliphatic carbocycles. The van der Waals surface area contributed by atoms with Crippen molar-refractivity contribution in [1.82, 2.24) is 0 Å². The van der Waals surface area contributed by atoms with E-state index in [-0.39, 0.29) is 5.41 Å². The lowest BCUT2D eigenvalue weighted by molar-refractivity contribution is 0.112. The van der Waals surface area contributed by atoms with Crippen LogP contribution in [0, 0.1) is 0 Å². The van der Waals surface area contributed by atoms with E-state index in [0.29, 0.717) is 11.1 Å². The van der Waals surface area contributed by atoms with Crippen molar-refractivity contribution >= 4 is 24.7 Å². The molecular formula is C20H20O2. The largest absolute Gasteiger partial charge is 0.298 e. The minimum Gasteiger partial charge on any atom is -0.298 e. The third kappa shape index (κ3) is 4.01. The van der Waals surface area contributed by atoms with Gasteiger partial charge in [-0.05, 0) is 40.3 Å². The molecule has 0 saturated heterocycles. The van der Waals surface area contributed by atoms with Gasteiger partial charge in [-0.25, -0.2) is 0 Å². The molecule has 2 aromatic rings. The zero-order valence-corrected chi connectivity index (χ0v) is 13.2. The maximum atomic E-state index is 10.9. The molecule has 0 aliphatic rings. The van der Waals surface area contributed by atoms with Gasteiger partial charge in [-0.2, -0.15) is 0 Å². The smallest absolute Gasteiger partial charge is 0.150 e. The van der Waals surface area contributed by atoms with Crippen LogP contribution in [0.1, 0.15) is 58.2 Å². The van der Waals surface area contributed by atoms with Crippen molar-refractivity contribution in [1.29, 1.82) is 0 Å². The summed E-state index contributed by atoms with van der Waals surface area (Å²) in [5.41, 5.74) is 4.36. The molecule has 0 saturated carbocycles. The van der Waals surface area contributed by atoms with E-state index in [1.54, 1.807) is 18.2 Å². The molecule has 0 N–H and O–H groups in total. The van der Waals surface area contributed by atoms with Gasteiger partial charge in [-0.1, -0.05) is 57.2 Å². The first-order valence-electron chi connectivity index (χ1n) is 7.26. The Morgan fingerprint density at radius 2 is 1.14 bits per heavy atom. The average Bonchev–Trinajstić information content (AvgIpc) is 2.52. The second-order valence-electron chi connectivity index (χ2n) is 6.37. The molecule has 0 heterocycles. The summed E-state index contributed by atoms with van der Waals surface area (Å²) >= 11 is 0. The fourth-order valence-corrected chi connectivity index (χ4v) is 2.22. The summed E-state index contributed by atoms with van der Waals surface area (Å²) in [7, 11) is 0. The summed E-state index contributed by atoms with van der Waals surface area (Å²) in [6.45, 7) is 6.55. The maximum Gasteiger partial charge on any atom is 0.150 e. The molecule has 0 unspecified atom stereocenters. The molecular weight excluding hydrogens is 272 g/mol. The highest BCUT2D eigenvalue weighted by Gasteiger charge is 2.12. The van der Waals surface area contributed by atoms with E-state index < -0.39 is 0 Å². The Morgan fingerprint density at radius 1 is 0.682 bits per heavy atom. The second-order valence-corrected chi connectivity index (χ2v) is 6.37. The molecule has 112 valence electrons. The van der Waals surface area contributed by atoms with Gasteiger partial charge < -0.3 is 0 Å². The number of carbonyl (C=O) groups excluding carboxylic acids is 2. The third-order valence-electron chi connectivity index (χ3n) is 3.52. The molecule has 0 fully saturated rings. The van der Waals surface area contributed by atoms with Gasteiger partial charge in [0.05, 0.1) is 0 Å². The Balaban J connectivity index is 2.25. The standard InChI is InChI=1S/C20H20O2/c1-20(2,3)19-8-6-15(7-9-19)4-5-16-10-17(13-21)12-18(11-16)14-22/h4-14H,1-3H3/b5-4+. The summed E-state index contributed by atoms with van der Waals surface area (Å²) in [5, 5.41) is 0. The van der Waals surface area contributed by atoms with Crippen molar-refractivity contribution in [2.45, 2.75) is 26.2 Å². The van der Waals surface area contributed by atoms with Crippen molar-refractivity contribution < 1.29 is 9.59 Å². The fraction of sp³-hybridized carbons (Fsp3) is 0.200. The Bertz CT molecular complexity index is 675. The normalized spacial score (nSPS) is 11.6. The Morgan fingerprint density at radius 3 is 1.59 bits per heavy atom. The van der Waals surface area contributed by atoms with Gasteiger partial charge in [0.25, 0.3) is 0 Å². The van der Waals surface area contributed by atoms with Crippen LogP contribution in [-0.2, 0) is 5.41 Å². The van der Waals surface area contributed by atoms with Crippen LogP contribution in [0.2, 0.25) is 0 Å². The van der Waals surface area contributed by atoms with Gasteiger partial charge in [0, 0.05) is 11.1 Å². The lowest BCUT2D eigenvalue weighted by Crippen LogP contribution is -2.10. The molecule has 0 amide bonds. The molecule has 2 aromatic carbocycles. The highest BCUT2D eigenvalue weighted by Crippen LogP contribution is 2.22. The van der Waals surface area contributed by atoms with E-state index in [1.165, 1.54) is 5.56 Å². The predicted molar refractivity (Wildman–Crippen MR) is 91.3 cm³/mol. The minimum absolute atomic E-state index is 0.138. The highest BCUT2D eigenvalue weighted by atomic mass is 16.1. The SMILES string of the molecule is CC(C)(C)c1ccc(/C=C/c2cc(C=O)cc(C=O)c2)cc1. The first-order chi connectivity index (χ1) is 10.4. The van der Waals surface area contributed by atoms with E-state index >= 15 is 0 Å². The summed E-state index contributed by atoms with van der Waals surface area (Å²) in [6, 6.07) is 13.5. The van der Waals surface area contributed by atoms with E-state index in [1.807, 2.05) is 12.2 Å². The van der Waals surface area contributed by atoms with Crippen LogP contribution in [0.5, 0.6) is 0 Å². The van der Waals surface area contributed by atoms with Crippen molar-refractivity contribution in [3.63, 3.8) is 0 Å². The molecule has 2 nitrogen and oxygen atoms in total. The van der Waals surface area contributed by atoms with E-state index in [4.69, 9.17) is 0 Å². The average molecular weight is 292 g/mol. The van der Waals surface area contributed by atoms with Crippen molar-refractivity contribution in [2.75, 3.05) is 0 Å². The molecule has 0 spiro atoms. The summed E-state index contributed by atoms with van der Waals surface area (Å²) in [6.07, 6.45) is 5.39. The maximum absolute atomic E-state index is 10.9. The molecule has 0 radical (unpaired) electrons. The molecule has 2 heteroatoms. The predicted octanol–water partition coefficient (Wildman–Crippen LogP) is 4.78. The van der Waals surface area contributed by atoms with Crippen molar-refractivity contribution in [3.05, 3.63) is 70.3 Å². The minimum atomic E-state index is 0.138. The monoisotopic (exact) mass is 292 g/mol. The molecule has 2 rings (SSSR count). The Hall–Kier alpha value is -2.48. The van der Waals surface area contributed by atoms with Crippen LogP contribution in [-0.4, -0.2) is 12.6 Å². The fourth-order valence-electron chi connectivity index (χ4n) is 2.22. The molecule has 22 heavy (non-hydrogen) atoms. The summed E-state index contributed by atoms with van der Waals surface area (Å²) in [5.74, 6) is 0. The van der Waals surface area contributed by atoms with E-state index in [2.05, 4.69) is 45.0 Å². The lowest BCUT2D eigenvalue weighted by atomic mass is 9.87. The van der Waals surface area contributed by atoms with Crippen LogP contribution < -0.4 is 0 Å². The van der Waals surface area contributed by atoms with Gasteiger partial charge in [0.1, 0.15) is 12.6 Å². The first kappa shape index (κ1) is 15.9. The van der Waals surface area contributed by atoms with Crippen LogP contribution >= 0.6 is 0 Å². The zero-order valence-electron chi connectivity index (χ0n) is 13.2. The number of aldehydes is 2. The number of hydrogen-bond acceptors (Lipinski definition) is 2. The summed E-state index contributed by atoms with van der Waals surface area (Å²) in [4.78, 5) is 21.8. The number of rotatable bonds is 4. The van der Waals surface area contributed by atoms with E-state index in [9.17, 15) is 9.59 Å². The van der Waals surface area contributed by atoms with Gasteiger partial charge in [-0.15, -0.1) is 0 Å². The Kier molecular flexibility index (Phi) is 4.71. The van der Waals surface area contributed by atoms with Crippen LogP contribution in [0.3, 0.4) is 0 Å². The van der Waals surface area contributed by atoms with Crippen molar-refractivity contribution in [2.24, 2.45) is 0 Å². The summed E-state index contributed by atoms with van der Waals surface area (Å²) < 4.78 is 0. The Labute approximate surface area is 131 Å². The number of hydrogen-bond donors (Lipinski definition) is 0. The van der Waals surface area contributed by atoms with Crippen molar-refractivity contribution in [3.8, 4) is 0 Å².